The van der Waals surface area contributed by atoms with E-state index in [0.29, 0.717) is 30.2 Å². The van der Waals surface area contributed by atoms with Crippen molar-refractivity contribution in [1.29, 1.82) is 0 Å². The van der Waals surface area contributed by atoms with E-state index in [1.807, 2.05) is 30.3 Å². The van der Waals surface area contributed by atoms with Crippen molar-refractivity contribution in [2.24, 2.45) is 5.92 Å². The molecule has 0 aromatic heterocycles. The molecule has 0 spiro atoms. The third kappa shape index (κ3) is 4.78. The minimum absolute atomic E-state index is 0.124. The highest BCUT2D eigenvalue weighted by molar-refractivity contribution is 6.33. The van der Waals surface area contributed by atoms with Gasteiger partial charge in [-0.2, -0.15) is 0 Å². The van der Waals surface area contributed by atoms with Crippen LogP contribution in [0.5, 0.6) is 0 Å². The number of likely N-dealkylation sites (tertiary alicyclic amines) is 1. The normalized spacial score (nSPS) is 18.1. The summed E-state index contributed by atoms with van der Waals surface area (Å²) in [5.74, 6) is -1.15. The van der Waals surface area contributed by atoms with Gasteiger partial charge in [-0.05, 0) is 35.4 Å². The molecule has 1 heterocycles. The molecule has 6 heteroatoms. The topological polar surface area (TPSA) is 49.4 Å². The van der Waals surface area contributed by atoms with Crippen LogP contribution in [0.2, 0.25) is 5.02 Å². The van der Waals surface area contributed by atoms with Crippen molar-refractivity contribution in [3.8, 4) is 0 Å². The number of carbonyl (C=O) groups is 2. The Bertz CT molecular complexity index is 1070. The highest BCUT2D eigenvalue weighted by Crippen LogP contribution is 2.34. The zero-order chi connectivity index (χ0) is 21.8. The summed E-state index contributed by atoms with van der Waals surface area (Å²) in [6.45, 7) is 1.04. The van der Waals surface area contributed by atoms with Gasteiger partial charge in [-0.25, -0.2) is 4.39 Å². The smallest absolute Gasteiger partial charge is 0.255 e. The number of amides is 2. The van der Waals surface area contributed by atoms with Gasteiger partial charge in [-0.1, -0.05) is 66.2 Å². The average molecular weight is 437 g/mol. The number of nitrogens with zero attached hydrogens (tertiary/aromatic N) is 1. The SMILES string of the molecule is O=C(NCc1ccc(F)cc1)C1CN(C(=O)c2ccccc2Cl)CC1c1ccccc1. The quantitative estimate of drug-likeness (QED) is 0.632. The molecule has 4 rings (SSSR count). The molecule has 1 aliphatic heterocycles. The molecule has 4 nitrogen and oxygen atoms in total. The third-order valence-electron chi connectivity index (χ3n) is 5.66. The van der Waals surface area contributed by atoms with Crippen molar-refractivity contribution in [2.45, 2.75) is 12.5 Å². The van der Waals surface area contributed by atoms with Gasteiger partial charge in [-0.3, -0.25) is 9.59 Å². The van der Waals surface area contributed by atoms with Gasteiger partial charge in [0.05, 0.1) is 16.5 Å². The Morgan fingerprint density at radius 1 is 0.935 bits per heavy atom. The Morgan fingerprint density at radius 3 is 2.32 bits per heavy atom. The largest absolute Gasteiger partial charge is 0.352 e. The first-order chi connectivity index (χ1) is 15.0. The fourth-order valence-corrected chi connectivity index (χ4v) is 4.22. The van der Waals surface area contributed by atoms with Gasteiger partial charge in [0.1, 0.15) is 5.82 Å². The lowest BCUT2D eigenvalue weighted by Crippen LogP contribution is -2.35. The van der Waals surface area contributed by atoms with E-state index in [1.165, 1.54) is 12.1 Å². The summed E-state index contributed by atoms with van der Waals surface area (Å²) in [7, 11) is 0. The van der Waals surface area contributed by atoms with Gasteiger partial charge in [0.15, 0.2) is 0 Å². The molecule has 1 aliphatic rings. The maximum Gasteiger partial charge on any atom is 0.255 e. The summed E-state index contributed by atoms with van der Waals surface area (Å²) in [6.07, 6.45) is 0. The summed E-state index contributed by atoms with van der Waals surface area (Å²) >= 11 is 6.23. The number of hydrogen-bond acceptors (Lipinski definition) is 2. The van der Waals surface area contributed by atoms with Crippen molar-refractivity contribution < 1.29 is 14.0 Å². The number of halogens is 2. The van der Waals surface area contributed by atoms with Gasteiger partial charge >= 0.3 is 0 Å². The average Bonchev–Trinajstić information content (AvgIpc) is 3.25. The first-order valence-corrected chi connectivity index (χ1v) is 10.5. The summed E-state index contributed by atoms with van der Waals surface area (Å²) in [4.78, 5) is 27.9. The molecule has 0 bridgehead atoms. The fraction of sp³-hybridized carbons (Fsp3) is 0.200. The van der Waals surface area contributed by atoms with E-state index in [2.05, 4.69) is 5.32 Å². The first kappa shape index (κ1) is 21.1. The second-order valence-electron chi connectivity index (χ2n) is 7.66. The summed E-state index contributed by atoms with van der Waals surface area (Å²) < 4.78 is 13.1. The maximum absolute atomic E-state index is 13.1. The minimum Gasteiger partial charge on any atom is -0.352 e. The number of hydrogen-bond donors (Lipinski definition) is 1. The van der Waals surface area contributed by atoms with Crippen molar-refractivity contribution in [2.75, 3.05) is 13.1 Å². The molecule has 0 radical (unpaired) electrons. The number of benzene rings is 3. The van der Waals surface area contributed by atoms with Gasteiger partial charge in [0, 0.05) is 25.6 Å². The molecule has 3 aromatic carbocycles. The molecule has 0 saturated carbocycles. The molecule has 31 heavy (non-hydrogen) atoms. The third-order valence-corrected chi connectivity index (χ3v) is 5.99. The highest BCUT2D eigenvalue weighted by atomic mass is 35.5. The Hall–Kier alpha value is -3.18. The van der Waals surface area contributed by atoms with Crippen molar-refractivity contribution in [3.63, 3.8) is 0 Å². The fourth-order valence-electron chi connectivity index (χ4n) is 4.00. The zero-order valence-electron chi connectivity index (χ0n) is 16.8. The van der Waals surface area contributed by atoms with Crippen molar-refractivity contribution in [1.82, 2.24) is 10.2 Å². The summed E-state index contributed by atoms with van der Waals surface area (Å²) in [6, 6.07) is 22.7. The second kappa shape index (κ2) is 9.31. The van der Waals surface area contributed by atoms with Crippen molar-refractivity contribution >= 4 is 23.4 Å². The van der Waals surface area contributed by atoms with Gasteiger partial charge in [0.2, 0.25) is 5.91 Å². The number of rotatable bonds is 5. The number of nitrogens with one attached hydrogen (secondary N) is 1. The van der Waals surface area contributed by atoms with Crippen molar-refractivity contribution in [3.05, 3.63) is 106 Å². The van der Waals surface area contributed by atoms with E-state index < -0.39 is 5.92 Å². The van der Waals surface area contributed by atoms with E-state index in [9.17, 15) is 14.0 Å². The van der Waals surface area contributed by atoms with Crippen LogP contribution in [0.25, 0.3) is 0 Å². The Kier molecular flexibility index (Phi) is 6.33. The Labute approximate surface area is 185 Å². The van der Waals surface area contributed by atoms with E-state index in [-0.39, 0.29) is 23.5 Å². The van der Waals surface area contributed by atoms with E-state index >= 15 is 0 Å². The van der Waals surface area contributed by atoms with Crippen LogP contribution >= 0.6 is 11.6 Å². The van der Waals surface area contributed by atoms with Crippen LogP contribution < -0.4 is 5.32 Å². The molecule has 1 fully saturated rings. The standard InChI is InChI=1S/C25H22ClFN2O2/c26-23-9-5-4-8-20(23)25(31)29-15-21(18-6-2-1-3-7-18)22(16-29)24(30)28-14-17-10-12-19(27)13-11-17/h1-13,21-22H,14-16H2,(H,28,30). The molecule has 1 saturated heterocycles. The predicted octanol–water partition coefficient (Wildman–Crippen LogP) is 4.65. The van der Waals surface area contributed by atoms with Gasteiger partial charge in [-0.15, -0.1) is 0 Å². The second-order valence-corrected chi connectivity index (χ2v) is 8.07. The van der Waals surface area contributed by atoms with Crippen LogP contribution in [0, 0.1) is 11.7 Å². The predicted molar refractivity (Wildman–Crippen MR) is 118 cm³/mol. The highest BCUT2D eigenvalue weighted by Gasteiger charge is 2.40. The minimum atomic E-state index is -0.394. The molecule has 2 unspecified atom stereocenters. The Morgan fingerprint density at radius 2 is 1.61 bits per heavy atom. The Balaban J connectivity index is 1.53. The van der Waals surface area contributed by atoms with Crippen LogP contribution in [-0.4, -0.2) is 29.8 Å². The molecule has 3 aromatic rings. The first-order valence-electron chi connectivity index (χ1n) is 10.1. The van der Waals surface area contributed by atoms with Gasteiger partial charge in [0.25, 0.3) is 5.91 Å². The molecular weight excluding hydrogens is 415 g/mol. The van der Waals surface area contributed by atoms with Crippen LogP contribution in [-0.2, 0) is 11.3 Å². The van der Waals surface area contributed by atoms with Crippen LogP contribution in [0.3, 0.4) is 0 Å². The summed E-state index contributed by atoms with van der Waals surface area (Å²) in [5, 5.41) is 3.34. The maximum atomic E-state index is 13.1. The van der Waals surface area contributed by atoms with Crippen LogP contribution in [0.4, 0.5) is 4.39 Å². The lowest BCUT2D eigenvalue weighted by Gasteiger charge is -2.18. The monoisotopic (exact) mass is 436 g/mol. The lowest BCUT2D eigenvalue weighted by molar-refractivity contribution is -0.125. The van der Waals surface area contributed by atoms with E-state index in [4.69, 9.17) is 11.6 Å². The molecule has 0 aliphatic carbocycles. The van der Waals surface area contributed by atoms with Gasteiger partial charge < -0.3 is 10.2 Å². The van der Waals surface area contributed by atoms with E-state index in [0.717, 1.165) is 11.1 Å². The zero-order valence-corrected chi connectivity index (χ0v) is 17.6. The molecule has 1 N–H and O–H groups in total. The summed E-state index contributed by atoms with van der Waals surface area (Å²) in [5.41, 5.74) is 2.26. The number of carbonyl (C=O) groups excluding carboxylic acids is 2. The van der Waals surface area contributed by atoms with Crippen LogP contribution in [0.1, 0.15) is 27.4 Å². The lowest BCUT2D eigenvalue weighted by atomic mass is 9.88. The molecule has 2 amide bonds. The molecular formula is C25H22ClFN2O2. The molecule has 158 valence electrons. The van der Waals surface area contributed by atoms with E-state index in [1.54, 1.807) is 41.3 Å². The molecule has 2 atom stereocenters. The van der Waals surface area contributed by atoms with Crippen LogP contribution in [0.15, 0.2) is 78.9 Å².